The van der Waals surface area contributed by atoms with E-state index in [9.17, 15) is 10.1 Å². The molecule has 22 heavy (non-hydrogen) atoms. The number of pyridine rings is 1. The third kappa shape index (κ3) is 2.35. The highest BCUT2D eigenvalue weighted by atomic mass is 16.6. The van der Waals surface area contributed by atoms with Crippen LogP contribution in [0, 0.1) is 22.0 Å². The lowest BCUT2D eigenvalue weighted by atomic mass is 9.93. The van der Waals surface area contributed by atoms with Crippen LogP contribution < -0.4 is 4.90 Å². The lowest BCUT2D eigenvalue weighted by molar-refractivity contribution is -0.384. The number of aromatic nitrogens is 1. The summed E-state index contributed by atoms with van der Waals surface area (Å²) in [6.07, 6.45) is 7.28. The number of nitro groups is 1. The molecule has 0 radical (unpaired) electrons. The Kier molecular flexibility index (Phi) is 3.48. The second kappa shape index (κ2) is 5.50. The molecule has 4 rings (SSSR count). The van der Waals surface area contributed by atoms with Gasteiger partial charge in [-0.05, 0) is 37.2 Å². The summed E-state index contributed by atoms with van der Waals surface area (Å²) in [4.78, 5) is 19.8. The molecule has 0 N–H and O–H groups in total. The fraction of sp³-hybridized carbons (Fsp3) is 0.688. The lowest BCUT2D eigenvalue weighted by Crippen LogP contribution is -2.52. The summed E-state index contributed by atoms with van der Waals surface area (Å²) in [6, 6.07) is 3.94. The summed E-state index contributed by atoms with van der Waals surface area (Å²) in [5.41, 5.74) is 0.121. The van der Waals surface area contributed by atoms with Crippen LogP contribution in [0.4, 0.5) is 11.5 Å². The van der Waals surface area contributed by atoms with Gasteiger partial charge in [0.05, 0.1) is 4.92 Å². The van der Waals surface area contributed by atoms with E-state index in [1.807, 2.05) is 0 Å². The van der Waals surface area contributed by atoms with E-state index in [1.165, 1.54) is 25.7 Å². The molecule has 2 saturated carbocycles. The summed E-state index contributed by atoms with van der Waals surface area (Å²) in [6.45, 7) is 3.68. The number of piperazine rings is 1. The van der Waals surface area contributed by atoms with Crippen LogP contribution in [0.3, 0.4) is 0 Å². The van der Waals surface area contributed by atoms with Gasteiger partial charge in [0.1, 0.15) is 0 Å². The van der Waals surface area contributed by atoms with Crippen LogP contribution in [0.2, 0.25) is 0 Å². The molecule has 3 fully saturated rings. The minimum Gasteiger partial charge on any atom is -0.348 e. The monoisotopic (exact) mass is 302 g/mol. The maximum atomic E-state index is 11.2. The normalized spacial score (nSPS) is 31.6. The van der Waals surface area contributed by atoms with E-state index in [1.54, 1.807) is 18.3 Å². The molecule has 6 heteroatoms. The molecular formula is C16H22N4O2. The zero-order valence-corrected chi connectivity index (χ0v) is 12.7. The van der Waals surface area contributed by atoms with E-state index >= 15 is 0 Å². The van der Waals surface area contributed by atoms with Gasteiger partial charge in [-0.1, -0.05) is 6.42 Å². The Morgan fingerprint density at radius 3 is 2.64 bits per heavy atom. The van der Waals surface area contributed by atoms with Gasteiger partial charge in [0.15, 0.2) is 0 Å². The smallest absolute Gasteiger partial charge is 0.311 e. The van der Waals surface area contributed by atoms with Crippen molar-refractivity contribution in [3.05, 3.63) is 28.4 Å². The van der Waals surface area contributed by atoms with Crippen molar-refractivity contribution in [2.75, 3.05) is 31.1 Å². The van der Waals surface area contributed by atoms with Crippen LogP contribution in [-0.4, -0.2) is 47.0 Å². The molecular weight excluding hydrogens is 280 g/mol. The Bertz CT molecular complexity index is 571. The average Bonchev–Trinajstić information content (AvgIpc) is 3.18. The van der Waals surface area contributed by atoms with Crippen molar-refractivity contribution >= 4 is 11.5 Å². The van der Waals surface area contributed by atoms with Crippen molar-refractivity contribution in [2.24, 2.45) is 11.8 Å². The van der Waals surface area contributed by atoms with Crippen molar-refractivity contribution in [3.63, 3.8) is 0 Å². The number of hydrogen-bond donors (Lipinski definition) is 0. The summed E-state index contributed by atoms with van der Waals surface area (Å²) in [5, 5.41) is 11.2. The zero-order chi connectivity index (χ0) is 15.1. The third-order valence-corrected chi connectivity index (χ3v) is 5.75. The minimum atomic E-state index is -0.329. The largest absolute Gasteiger partial charge is 0.348 e. The van der Waals surface area contributed by atoms with E-state index in [4.69, 9.17) is 0 Å². The first kappa shape index (κ1) is 13.9. The molecule has 1 saturated heterocycles. The van der Waals surface area contributed by atoms with E-state index in [-0.39, 0.29) is 10.6 Å². The molecule has 0 spiro atoms. The van der Waals surface area contributed by atoms with Gasteiger partial charge in [0.2, 0.25) is 5.82 Å². The topological polar surface area (TPSA) is 62.5 Å². The third-order valence-electron chi connectivity index (χ3n) is 5.75. The molecule has 0 aromatic carbocycles. The summed E-state index contributed by atoms with van der Waals surface area (Å²) >= 11 is 0. The van der Waals surface area contributed by atoms with Gasteiger partial charge in [-0.25, -0.2) is 4.98 Å². The molecule has 1 aromatic heterocycles. The Hall–Kier alpha value is -1.69. The first-order valence-corrected chi connectivity index (χ1v) is 8.31. The summed E-state index contributed by atoms with van der Waals surface area (Å²) in [5.74, 6) is 2.39. The maximum Gasteiger partial charge on any atom is 0.311 e. The van der Waals surface area contributed by atoms with Crippen molar-refractivity contribution in [3.8, 4) is 0 Å². The Balaban J connectivity index is 1.43. The van der Waals surface area contributed by atoms with Crippen LogP contribution in [0.1, 0.15) is 25.7 Å². The van der Waals surface area contributed by atoms with Gasteiger partial charge >= 0.3 is 5.69 Å². The minimum absolute atomic E-state index is 0.121. The van der Waals surface area contributed by atoms with Gasteiger partial charge in [-0.15, -0.1) is 0 Å². The van der Waals surface area contributed by atoms with Crippen molar-refractivity contribution < 1.29 is 4.92 Å². The van der Waals surface area contributed by atoms with Crippen LogP contribution in [0.15, 0.2) is 18.3 Å². The van der Waals surface area contributed by atoms with Gasteiger partial charge in [-0.2, -0.15) is 0 Å². The average molecular weight is 302 g/mol. The molecule has 3 unspecified atom stereocenters. The molecule has 2 heterocycles. The molecule has 1 aromatic rings. The SMILES string of the molecule is O=[N+]([O-])c1cccnc1N1CCN(C2CC3CCC2C3)CC1. The first-order valence-electron chi connectivity index (χ1n) is 8.31. The van der Waals surface area contributed by atoms with Crippen LogP contribution in [0.25, 0.3) is 0 Å². The van der Waals surface area contributed by atoms with Crippen LogP contribution in [0.5, 0.6) is 0 Å². The fourth-order valence-corrected chi connectivity index (χ4v) is 4.70. The number of hydrogen-bond acceptors (Lipinski definition) is 5. The number of anilines is 1. The number of fused-ring (bicyclic) bond motifs is 2. The molecule has 1 aliphatic heterocycles. The molecule has 2 bridgehead atoms. The lowest BCUT2D eigenvalue weighted by Gasteiger charge is -2.41. The van der Waals surface area contributed by atoms with Crippen LogP contribution >= 0.6 is 0 Å². The maximum absolute atomic E-state index is 11.2. The zero-order valence-electron chi connectivity index (χ0n) is 12.7. The molecule has 0 amide bonds. The molecule has 3 atom stereocenters. The van der Waals surface area contributed by atoms with Gasteiger partial charge in [0.25, 0.3) is 0 Å². The highest BCUT2D eigenvalue weighted by Crippen LogP contribution is 2.46. The molecule has 2 aliphatic carbocycles. The van der Waals surface area contributed by atoms with Gasteiger partial charge < -0.3 is 4.90 Å². The second-order valence-corrected chi connectivity index (χ2v) is 6.87. The fourth-order valence-electron chi connectivity index (χ4n) is 4.70. The van der Waals surface area contributed by atoms with Crippen molar-refractivity contribution in [1.29, 1.82) is 0 Å². The number of nitrogens with zero attached hydrogens (tertiary/aromatic N) is 4. The molecule has 3 aliphatic rings. The van der Waals surface area contributed by atoms with E-state index in [0.717, 1.165) is 44.1 Å². The Morgan fingerprint density at radius 2 is 2.00 bits per heavy atom. The van der Waals surface area contributed by atoms with E-state index in [2.05, 4.69) is 14.8 Å². The quantitative estimate of drug-likeness (QED) is 0.633. The summed E-state index contributed by atoms with van der Waals surface area (Å²) < 4.78 is 0. The first-order chi connectivity index (χ1) is 10.7. The molecule has 118 valence electrons. The standard InChI is InChI=1S/C16H22N4O2/c21-20(22)14-2-1-5-17-16(14)19-8-6-18(7-9-19)15-11-12-3-4-13(15)10-12/h1-2,5,12-13,15H,3-4,6-11H2. The predicted molar refractivity (Wildman–Crippen MR) is 83.9 cm³/mol. The van der Waals surface area contributed by atoms with E-state index < -0.39 is 0 Å². The van der Waals surface area contributed by atoms with Gasteiger partial charge in [0, 0.05) is 44.5 Å². The predicted octanol–water partition coefficient (Wildman–Crippen LogP) is 2.30. The summed E-state index contributed by atoms with van der Waals surface area (Å²) in [7, 11) is 0. The van der Waals surface area contributed by atoms with Crippen molar-refractivity contribution in [1.82, 2.24) is 9.88 Å². The van der Waals surface area contributed by atoms with Gasteiger partial charge in [-0.3, -0.25) is 15.0 Å². The molecule has 6 nitrogen and oxygen atoms in total. The van der Waals surface area contributed by atoms with Crippen LogP contribution in [-0.2, 0) is 0 Å². The highest BCUT2D eigenvalue weighted by Gasteiger charge is 2.43. The Labute approximate surface area is 130 Å². The number of rotatable bonds is 3. The highest BCUT2D eigenvalue weighted by molar-refractivity contribution is 5.57. The second-order valence-electron chi connectivity index (χ2n) is 6.87. The Morgan fingerprint density at radius 1 is 1.18 bits per heavy atom. The van der Waals surface area contributed by atoms with E-state index in [0.29, 0.717) is 5.82 Å². The van der Waals surface area contributed by atoms with Crippen molar-refractivity contribution in [2.45, 2.75) is 31.7 Å².